The largest absolute Gasteiger partial charge is 0.326 e. The predicted molar refractivity (Wildman–Crippen MR) is 105 cm³/mol. The Hall–Kier alpha value is -2.71. The maximum atomic E-state index is 12.6. The molecular formula is C20H23N3O4S. The highest BCUT2D eigenvalue weighted by Gasteiger charge is 2.37. The molecule has 0 aromatic heterocycles. The summed E-state index contributed by atoms with van der Waals surface area (Å²) in [5, 5.41) is 2.72. The Morgan fingerprint density at radius 2 is 1.68 bits per heavy atom. The molecule has 8 heteroatoms. The van der Waals surface area contributed by atoms with E-state index in [1.54, 1.807) is 12.1 Å². The molecule has 0 saturated carbocycles. The van der Waals surface area contributed by atoms with E-state index in [1.807, 2.05) is 30.3 Å². The van der Waals surface area contributed by atoms with Gasteiger partial charge in [0, 0.05) is 14.1 Å². The van der Waals surface area contributed by atoms with Crippen LogP contribution >= 0.6 is 0 Å². The highest BCUT2D eigenvalue weighted by molar-refractivity contribution is 7.89. The summed E-state index contributed by atoms with van der Waals surface area (Å²) < 4.78 is 25.7. The topological polar surface area (TPSA) is 86.8 Å². The number of carbonyl (C=O) groups is 2. The molecule has 0 aliphatic carbocycles. The van der Waals surface area contributed by atoms with Crippen molar-refractivity contribution in [2.75, 3.05) is 14.1 Å². The number of sulfonamides is 1. The fourth-order valence-corrected chi connectivity index (χ4v) is 4.05. The van der Waals surface area contributed by atoms with Gasteiger partial charge in [-0.2, -0.15) is 0 Å². The Morgan fingerprint density at radius 3 is 2.36 bits per heavy atom. The average molecular weight is 401 g/mol. The third-order valence-electron chi connectivity index (χ3n) is 4.69. The van der Waals surface area contributed by atoms with Gasteiger partial charge in [0.15, 0.2) is 0 Å². The first-order valence-electron chi connectivity index (χ1n) is 8.96. The van der Waals surface area contributed by atoms with Crippen molar-refractivity contribution in [1.82, 2.24) is 14.5 Å². The van der Waals surface area contributed by atoms with Crippen molar-refractivity contribution >= 4 is 22.0 Å². The van der Waals surface area contributed by atoms with Crippen LogP contribution in [0.25, 0.3) is 0 Å². The van der Waals surface area contributed by atoms with Gasteiger partial charge in [-0.05, 0) is 36.1 Å². The number of amides is 3. The first-order chi connectivity index (χ1) is 13.3. The Kier molecular flexibility index (Phi) is 5.81. The zero-order valence-corrected chi connectivity index (χ0v) is 16.6. The lowest BCUT2D eigenvalue weighted by molar-refractivity contribution is -0.128. The fraction of sp³-hybridized carbons (Fsp3) is 0.300. The van der Waals surface area contributed by atoms with Crippen molar-refractivity contribution in [3.63, 3.8) is 0 Å². The molecule has 2 aromatic rings. The molecule has 148 valence electrons. The fourth-order valence-electron chi connectivity index (χ4n) is 3.08. The van der Waals surface area contributed by atoms with Crippen LogP contribution in [0.15, 0.2) is 59.5 Å². The molecule has 0 spiro atoms. The molecule has 1 fully saturated rings. The van der Waals surface area contributed by atoms with E-state index in [0.29, 0.717) is 18.4 Å². The van der Waals surface area contributed by atoms with Gasteiger partial charge in [-0.15, -0.1) is 0 Å². The molecule has 1 N–H and O–H groups in total. The summed E-state index contributed by atoms with van der Waals surface area (Å²) in [7, 11) is -0.670. The summed E-state index contributed by atoms with van der Waals surface area (Å²) >= 11 is 0. The molecule has 1 aliphatic heterocycles. The van der Waals surface area contributed by atoms with Gasteiger partial charge in [0.1, 0.15) is 6.04 Å². The molecular weight excluding hydrogens is 378 g/mol. The number of aryl methyl sites for hydroxylation is 1. The van der Waals surface area contributed by atoms with E-state index < -0.39 is 22.1 Å². The molecule has 28 heavy (non-hydrogen) atoms. The lowest BCUT2D eigenvalue weighted by atomic mass is 10.1. The van der Waals surface area contributed by atoms with Gasteiger partial charge in [0.25, 0.3) is 5.91 Å². The number of nitrogens with zero attached hydrogens (tertiary/aromatic N) is 2. The standard InChI is InChI=1S/C20H23N3O4S/c1-22(2)28(26,27)17-10-6-9-16(13-17)14-23-19(24)18(21-20(23)25)12-11-15-7-4-3-5-8-15/h3-10,13,18H,11-12,14H2,1-2H3,(H,21,25)/t18-/m1/s1. The van der Waals surface area contributed by atoms with Crippen LogP contribution in [0.3, 0.4) is 0 Å². The van der Waals surface area contributed by atoms with Crippen LogP contribution in [0.2, 0.25) is 0 Å². The van der Waals surface area contributed by atoms with E-state index in [1.165, 1.54) is 26.2 Å². The number of benzene rings is 2. The van der Waals surface area contributed by atoms with Crippen LogP contribution in [0.5, 0.6) is 0 Å². The molecule has 3 amide bonds. The van der Waals surface area contributed by atoms with Crippen LogP contribution < -0.4 is 5.32 Å². The average Bonchev–Trinajstić information content (AvgIpc) is 2.95. The van der Waals surface area contributed by atoms with Crippen molar-refractivity contribution in [2.45, 2.75) is 30.3 Å². The van der Waals surface area contributed by atoms with Crippen LogP contribution in [0, 0.1) is 0 Å². The number of hydrogen-bond acceptors (Lipinski definition) is 4. The number of nitrogens with one attached hydrogen (secondary N) is 1. The first kappa shape index (κ1) is 20.0. The van der Waals surface area contributed by atoms with Crippen molar-refractivity contribution in [3.8, 4) is 0 Å². The van der Waals surface area contributed by atoms with Gasteiger partial charge in [0.05, 0.1) is 11.4 Å². The van der Waals surface area contributed by atoms with E-state index in [0.717, 1.165) is 14.8 Å². The number of hydrogen-bond donors (Lipinski definition) is 1. The molecule has 1 atom stereocenters. The van der Waals surface area contributed by atoms with Crippen LogP contribution in [0.4, 0.5) is 4.79 Å². The summed E-state index contributed by atoms with van der Waals surface area (Å²) in [6.07, 6.45) is 1.20. The van der Waals surface area contributed by atoms with Gasteiger partial charge in [0.2, 0.25) is 10.0 Å². The van der Waals surface area contributed by atoms with E-state index in [9.17, 15) is 18.0 Å². The minimum Gasteiger partial charge on any atom is -0.326 e. The maximum absolute atomic E-state index is 12.6. The van der Waals surface area contributed by atoms with E-state index >= 15 is 0 Å². The Balaban J connectivity index is 1.69. The van der Waals surface area contributed by atoms with Gasteiger partial charge in [-0.1, -0.05) is 42.5 Å². The Morgan fingerprint density at radius 1 is 1.00 bits per heavy atom. The maximum Gasteiger partial charge on any atom is 0.325 e. The molecule has 0 unspecified atom stereocenters. The molecule has 1 heterocycles. The summed E-state index contributed by atoms with van der Waals surface area (Å²) in [5.41, 5.74) is 1.68. The van der Waals surface area contributed by atoms with Gasteiger partial charge < -0.3 is 5.32 Å². The normalized spacial score (nSPS) is 17.2. The second-order valence-electron chi connectivity index (χ2n) is 6.89. The summed E-state index contributed by atoms with van der Waals surface area (Å²) in [6, 6.07) is 15.0. The molecule has 7 nitrogen and oxygen atoms in total. The van der Waals surface area contributed by atoms with Gasteiger partial charge >= 0.3 is 6.03 Å². The Bertz CT molecular complexity index is 974. The van der Waals surface area contributed by atoms with Crippen molar-refractivity contribution in [1.29, 1.82) is 0 Å². The molecule has 1 aliphatic rings. The van der Waals surface area contributed by atoms with Crippen molar-refractivity contribution in [2.24, 2.45) is 0 Å². The molecule has 3 rings (SSSR count). The van der Waals surface area contributed by atoms with E-state index in [2.05, 4.69) is 5.32 Å². The summed E-state index contributed by atoms with van der Waals surface area (Å²) in [4.78, 5) is 26.2. The second kappa shape index (κ2) is 8.12. The second-order valence-corrected chi connectivity index (χ2v) is 9.04. The lowest BCUT2D eigenvalue weighted by Crippen LogP contribution is -2.31. The molecule has 0 bridgehead atoms. The number of imide groups is 1. The highest BCUT2D eigenvalue weighted by atomic mass is 32.2. The predicted octanol–water partition coefficient (Wildman–Crippen LogP) is 1.99. The van der Waals surface area contributed by atoms with Crippen LogP contribution in [0.1, 0.15) is 17.5 Å². The lowest BCUT2D eigenvalue weighted by Gasteiger charge is -2.15. The summed E-state index contributed by atoms with van der Waals surface area (Å²) in [6.45, 7) is 0.0310. The third-order valence-corrected chi connectivity index (χ3v) is 6.50. The molecule has 1 saturated heterocycles. The van der Waals surface area contributed by atoms with Crippen LogP contribution in [-0.2, 0) is 27.8 Å². The van der Waals surface area contributed by atoms with Gasteiger partial charge in [-0.3, -0.25) is 9.69 Å². The first-order valence-corrected chi connectivity index (χ1v) is 10.4. The monoisotopic (exact) mass is 401 g/mol. The van der Waals surface area contributed by atoms with E-state index in [4.69, 9.17) is 0 Å². The minimum absolute atomic E-state index is 0.0310. The highest BCUT2D eigenvalue weighted by Crippen LogP contribution is 2.19. The third kappa shape index (κ3) is 4.23. The summed E-state index contributed by atoms with van der Waals surface area (Å²) in [5.74, 6) is -0.290. The smallest absolute Gasteiger partial charge is 0.325 e. The van der Waals surface area contributed by atoms with Crippen LogP contribution in [-0.4, -0.2) is 49.7 Å². The number of carbonyl (C=O) groups excluding carboxylic acids is 2. The van der Waals surface area contributed by atoms with E-state index in [-0.39, 0.29) is 17.3 Å². The zero-order valence-electron chi connectivity index (χ0n) is 15.8. The number of rotatable bonds is 7. The van der Waals surface area contributed by atoms with Crippen molar-refractivity contribution < 1.29 is 18.0 Å². The molecule has 0 radical (unpaired) electrons. The number of urea groups is 1. The quantitative estimate of drug-likeness (QED) is 0.719. The minimum atomic E-state index is -3.58. The van der Waals surface area contributed by atoms with Gasteiger partial charge in [-0.25, -0.2) is 17.5 Å². The SMILES string of the molecule is CN(C)S(=O)(=O)c1cccc(CN2C(=O)N[C@H](CCc3ccccc3)C2=O)c1. The van der Waals surface area contributed by atoms with Crippen molar-refractivity contribution in [3.05, 3.63) is 65.7 Å². The Labute approximate surface area is 165 Å². The zero-order chi connectivity index (χ0) is 20.3. The molecule has 2 aromatic carbocycles.